The van der Waals surface area contributed by atoms with Gasteiger partial charge >= 0.3 is 0 Å². The Morgan fingerprint density at radius 3 is 2.62 bits per heavy atom. The Bertz CT molecular complexity index is 139. The van der Waals surface area contributed by atoms with Crippen LogP contribution >= 0.6 is 11.8 Å². The van der Waals surface area contributed by atoms with Crippen molar-refractivity contribution in [3.8, 4) is 0 Å². The number of rotatable bonds is 7. The maximum atomic E-state index is 11.4. The third-order valence-corrected chi connectivity index (χ3v) is 2.71. The van der Waals surface area contributed by atoms with Gasteiger partial charge in [-0.2, -0.15) is 11.8 Å². The van der Waals surface area contributed by atoms with Crippen LogP contribution in [0.4, 0.5) is 0 Å². The highest BCUT2D eigenvalue weighted by Gasteiger charge is 2.06. The van der Waals surface area contributed by atoms with E-state index in [1.807, 2.05) is 11.9 Å². The summed E-state index contributed by atoms with van der Waals surface area (Å²) >= 11 is 1.80. The number of thioether (sulfide) groups is 1. The quantitative estimate of drug-likeness (QED) is 0.592. The second-order valence-corrected chi connectivity index (χ2v) is 4.25. The minimum Gasteiger partial charge on any atom is -0.346 e. The third-order valence-electron chi connectivity index (χ3n) is 2.01. The zero-order chi connectivity index (χ0) is 10.1. The average Bonchev–Trinajstić information content (AvgIpc) is 2.14. The zero-order valence-corrected chi connectivity index (χ0v) is 9.82. The Labute approximate surface area is 86.1 Å². The van der Waals surface area contributed by atoms with Crippen molar-refractivity contribution in [2.75, 3.05) is 25.6 Å². The highest BCUT2D eigenvalue weighted by molar-refractivity contribution is 7.98. The number of carbonyl (C=O) groups excluding carboxylic acids is 1. The molecule has 13 heavy (non-hydrogen) atoms. The van der Waals surface area contributed by atoms with Gasteiger partial charge in [-0.3, -0.25) is 4.79 Å². The molecule has 0 aliphatic heterocycles. The van der Waals surface area contributed by atoms with Crippen molar-refractivity contribution in [2.45, 2.75) is 32.6 Å². The van der Waals surface area contributed by atoms with Crippen LogP contribution in [0.25, 0.3) is 0 Å². The SMILES string of the molecule is CCCCN(C)C(=O)CCCSC. The Kier molecular flexibility index (Phi) is 8.30. The van der Waals surface area contributed by atoms with Crippen molar-refractivity contribution in [1.29, 1.82) is 0 Å². The lowest BCUT2D eigenvalue weighted by Gasteiger charge is -2.16. The minimum atomic E-state index is 0.294. The van der Waals surface area contributed by atoms with Gasteiger partial charge in [0, 0.05) is 20.0 Å². The Morgan fingerprint density at radius 2 is 2.08 bits per heavy atom. The van der Waals surface area contributed by atoms with Gasteiger partial charge in [-0.1, -0.05) is 13.3 Å². The van der Waals surface area contributed by atoms with Crippen LogP contribution < -0.4 is 0 Å². The van der Waals surface area contributed by atoms with E-state index < -0.39 is 0 Å². The van der Waals surface area contributed by atoms with Crippen molar-refractivity contribution in [2.24, 2.45) is 0 Å². The fourth-order valence-electron chi connectivity index (χ4n) is 1.08. The largest absolute Gasteiger partial charge is 0.346 e. The second kappa shape index (κ2) is 8.42. The van der Waals surface area contributed by atoms with Gasteiger partial charge in [0.25, 0.3) is 0 Å². The number of hydrogen-bond acceptors (Lipinski definition) is 2. The van der Waals surface area contributed by atoms with E-state index in [9.17, 15) is 4.79 Å². The highest BCUT2D eigenvalue weighted by atomic mass is 32.2. The number of unbranched alkanes of at least 4 members (excludes halogenated alkanes) is 1. The Morgan fingerprint density at radius 1 is 1.38 bits per heavy atom. The van der Waals surface area contributed by atoms with E-state index in [4.69, 9.17) is 0 Å². The summed E-state index contributed by atoms with van der Waals surface area (Å²) in [5, 5.41) is 0. The fraction of sp³-hybridized carbons (Fsp3) is 0.900. The third kappa shape index (κ3) is 6.94. The molecular weight excluding hydrogens is 182 g/mol. The van der Waals surface area contributed by atoms with Gasteiger partial charge in [0.1, 0.15) is 0 Å². The van der Waals surface area contributed by atoms with Crippen LogP contribution in [0.1, 0.15) is 32.6 Å². The van der Waals surface area contributed by atoms with E-state index >= 15 is 0 Å². The van der Waals surface area contributed by atoms with Crippen molar-refractivity contribution in [1.82, 2.24) is 4.90 Å². The summed E-state index contributed by atoms with van der Waals surface area (Å²) in [4.78, 5) is 13.3. The van der Waals surface area contributed by atoms with E-state index in [2.05, 4.69) is 13.2 Å². The van der Waals surface area contributed by atoms with Crippen LogP contribution in [0.3, 0.4) is 0 Å². The Balaban J connectivity index is 3.45. The molecule has 0 unspecified atom stereocenters. The predicted molar refractivity (Wildman–Crippen MR) is 60.2 cm³/mol. The lowest BCUT2D eigenvalue weighted by Crippen LogP contribution is -2.27. The first-order valence-corrected chi connectivity index (χ1v) is 6.34. The van der Waals surface area contributed by atoms with Crippen LogP contribution in [0.15, 0.2) is 0 Å². The minimum absolute atomic E-state index is 0.294. The molecule has 2 nitrogen and oxygen atoms in total. The molecule has 3 heteroatoms. The van der Waals surface area contributed by atoms with Gasteiger partial charge in [-0.25, -0.2) is 0 Å². The van der Waals surface area contributed by atoms with Crippen molar-refractivity contribution in [3.05, 3.63) is 0 Å². The molecule has 0 aliphatic carbocycles. The Hall–Kier alpha value is -0.180. The monoisotopic (exact) mass is 203 g/mol. The first-order valence-electron chi connectivity index (χ1n) is 4.95. The van der Waals surface area contributed by atoms with Gasteiger partial charge in [0.05, 0.1) is 0 Å². The fourth-order valence-corrected chi connectivity index (χ4v) is 1.51. The lowest BCUT2D eigenvalue weighted by atomic mass is 10.2. The molecular formula is C10H21NOS. The molecule has 0 atom stereocenters. The molecule has 1 amide bonds. The molecule has 0 saturated carbocycles. The first-order chi connectivity index (χ1) is 6.22. The van der Waals surface area contributed by atoms with E-state index in [0.717, 1.165) is 31.6 Å². The standard InChI is InChI=1S/C10H21NOS/c1-4-5-8-11(2)10(12)7-6-9-13-3/h4-9H2,1-3H3. The molecule has 0 spiro atoms. The van der Waals surface area contributed by atoms with Gasteiger partial charge in [0.15, 0.2) is 0 Å². The summed E-state index contributed by atoms with van der Waals surface area (Å²) in [6, 6.07) is 0. The molecule has 0 aliphatic rings. The molecule has 0 radical (unpaired) electrons. The topological polar surface area (TPSA) is 20.3 Å². The van der Waals surface area contributed by atoms with E-state index in [1.54, 1.807) is 11.8 Å². The second-order valence-electron chi connectivity index (χ2n) is 3.27. The van der Waals surface area contributed by atoms with Crippen LogP contribution in [0, 0.1) is 0 Å². The van der Waals surface area contributed by atoms with Gasteiger partial charge in [0.2, 0.25) is 5.91 Å². The van der Waals surface area contributed by atoms with E-state index in [0.29, 0.717) is 12.3 Å². The molecule has 0 saturated heterocycles. The van der Waals surface area contributed by atoms with Gasteiger partial charge in [-0.05, 0) is 24.9 Å². The van der Waals surface area contributed by atoms with Crippen molar-refractivity contribution in [3.63, 3.8) is 0 Å². The normalized spacial score (nSPS) is 10.1. The summed E-state index contributed by atoms with van der Waals surface area (Å²) in [6.07, 6.45) is 6.07. The van der Waals surface area contributed by atoms with E-state index in [-0.39, 0.29) is 0 Å². The lowest BCUT2D eigenvalue weighted by molar-refractivity contribution is -0.129. The predicted octanol–water partition coefficient (Wildman–Crippen LogP) is 2.39. The molecule has 0 N–H and O–H groups in total. The van der Waals surface area contributed by atoms with E-state index in [1.165, 1.54) is 0 Å². The smallest absolute Gasteiger partial charge is 0.222 e. The van der Waals surface area contributed by atoms with Crippen LogP contribution in [-0.4, -0.2) is 36.4 Å². The van der Waals surface area contributed by atoms with Crippen molar-refractivity contribution < 1.29 is 4.79 Å². The van der Waals surface area contributed by atoms with Crippen LogP contribution in [-0.2, 0) is 4.79 Å². The molecule has 0 aromatic heterocycles. The molecule has 0 heterocycles. The van der Waals surface area contributed by atoms with Gasteiger partial charge in [-0.15, -0.1) is 0 Å². The number of amides is 1. The van der Waals surface area contributed by atoms with Crippen LogP contribution in [0.5, 0.6) is 0 Å². The number of nitrogens with zero attached hydrogens (tertiary/aromatic N) is 1. The first kappa shape index (κ1) is 12.8. The summed E-state index contributed by atoms with van der Waals surface area (Å²) in [5.74, 6) is 1.38. The molecule has 0 aromatic rings. The summed E-state index contributed by atoms with van der Waals surface area (Å²) < 4.78 is 0. The maximum Gasteiger partial charge on any atom is 0.222 e. The molecule has 78 valence electrons. The summed E-state index contributed by atoms with van der Waals surface area (Å²) in [6.45, 7) is 3.06. The highest BCUT2D eigenvalue weighted by Crippen LogP contribution is 2.02. The van der Waals surface area contributed by atoms with Crippen LogP contribution in [0.2, 0.25) is 0 Å². The molecule has 0 aromatic carbocycles. The summed E-state index contributed by atoms with van der Waals surface area (Å²) in [7, 11) is 1.90. The molecule has 0 bridgehead atoms. The molecule has 0 rings (SSSR count). The number of carbonyl (C=O) groups is 1. The number of hydrogen-bond donors (Lipinski definition) is 0. The zero-order valence-electron chi connectivity index (χ0n) is 9.01. The van der Waals surface area contributed by atoms with Crippen molar-refractivity contribution >= 4 is 17.7 Å². The van der Waals surface area contributed by atoms with Gasteiger partial charge < -0.3 is 4.90 Å². The maximum absolute atomic E-state index is 11.4. The molecule has 0 fully saturated rings. The summed E-state index contributed by atoms with van der Waals surface area (Å²) in [5.41, 5.74) is 0. The average molecular weight is 203 g/mol.